The molecule has 9 aromatic carbocycles. The summed E-state index contributed by atoms with van der Waals surface area (Å²) in [5.41, 5.74) is 11.5. The maximum atomic E-state index is 6.53. The van der Waals surface area contributed by atoms with Crippen molar-refractivity contribution in [3.8, 4) is 22.3 Å². The fourth-order valence-corrected chi connectivity index (χ4v) is 9.74. The second kappa shape index (κ2) is 12.2. The maximum absolute atomic E-state index is 6.53. The molecule has 0 saturated carbocycles. The molecule has 4 heteroatoms. The number of anilines is 3. The highest BCUT2D eigenvalue weighted by Crippen LogP contribution is 2.43. The van der Waals surface area contributed by atoms with Gasteiger partial charge in [0.1, 0.15) is 22.3 Å². The Morgan fingerprint density at radius 2 is 1.00 bits per heavy atom. The average Bonchev–Trinajstić information content (AvgIpc) is 3.95. The van der Waals surface area contributed by atoms with Gasteiger partial charge >= 0.3 is 0 Å². The van der Waals surface area contributed by atoms with Gasteiger partial charge in [0, 0.05) is 64.2 Å². The molecule has 0 aliphatic rings. The van der Waals surface area contributed by atoms with Crippen molar-refractivity contribution in [2.24, 2.45) is 0 Å². The zero-order valence-electron chi connectivity index (χ0n) is 30.1. The molecule has 12 rings (SSSR count). The summed E-state index contributed by atoms with van der Waals surface area (Å²) >= 11 is 1.86. The molecular formula is C52H31NO2S. The Labute approximate surface area is 325 Å². The Morgan fingerprint density at radius 3 is 1.86 bits per heavy atom. The quantitative estimate of drug-likeness (QED) is 0.176. The van der Waals surface area contributed by atoms with Gasteiger partial charge in [-0.2, -0.15) is 0 Å². The van der Waals surface area contributed by atoms with E-state index in [1.54, 1.807) is 0 Å². The minimum atomic E-state index is 0.880. The molecule has 0 aliphatic carbocycles. The predicted octanol–water partition coefficient (Wildman–Crippen LogP) is 15.8. The van der Waals surface area contributed by atoms with Crippen molar-refractivity contribution in [1.29, 1.82) is 0 Å². The average molecular weight is 734 g/mol. The Kier molecular flexibility index (Phi) is 6.80. The molecule has 56 heavy (non-hydrogen) atoms. The first-order chi connectivity index (χ1) is 27.7. The van der Waals surface area contributed by atoms with Gasteiger partial charge in [-0.1, -0.05) is 115 Å². The number of benzene rings is 9. The third kappa shape index (κ3) is 4.83. The van der Waals surface area contributed by atoms with Gasteiger partial charge in [0.25, 0.3) is 0 Å². The lowest BCUT2D eigenvalue weighted by Crippen LogP contribution is -2.09. The summed E-state index contributed by atoms with van der Waals surface area (Å²) in [5.74, 6) is 0. The van der Waals surface area contributed by atoms with Crippen LogP contribution in [0.15, 0.2) is 197 Å². The van der Waals surface area contributed by atoms with E-state index in [-0.39, 0.29) is 0 Å². The number of hydrogen-bond acceptors (Lipinski definition) is 4. The standard InChI is InChI=1S/C52H31NO2S/c1-2-9-40-33(8-1)20-28-44-51-39(12-7-14-48(51)55-52(40)44)34-18-24-37(25-19-34)53(38-26-29-47-45(31-38)41-10-3-5-13-46(41)54-47)36-22-16-32(17-23-36)35-21-27-43-42-11-4-6-15-49(42)56-50(43)30-35/h1-31H. The van der Waals surface area contributed by atoms with Crippen molar-refractivity contribution in [2.45, 2.75) is 0 Å². The van der Waals surface area contributed by atoms with E-state index >= 15 is 0 Å². The Morgan fingerprint density at radius 1 is 0.357 bits per heavy atom. The highest BCUT2D eigenvalue weighted by atomic mass is 32.1. The molecule has 0 atom stereocenters. The smallest absolute Gasteiger partial charge is 0.143 e. The largest absolute Gasteiger partial charge is 0.456 e. The van der Waals surface area contributed by atoms with Crippen molar-refractivity contribution in [3.63, 3.8) is 0 Å². The van der Waals surface area contributed by atoms with Gasteiger partial charge < -0.3 is 13.7 Å². The van der Waals surface area contributed by atoms with E-state index < -0.39 is 0 Å². The predicted molar refractivity (Wildman–Crippen MR) is 237 cm³/mol. The van der Waals surface area contributed by atoms with Crippen LogP contribution >= 0.6 is 11.3 Å². The molecule has 0 amide bonds. The summed E-state index contributed by atoms with van der Waals surface area (Å²) in [4.78, 5) is 2.34. The second-order valence-electron chi connectivity index (χ2n) is 14.5. The van der Waals surface area contributed by atoms with Gasteiger partial charge in [-0.3, -0.25) is 0 Å². The van der Waals surface area contributed by atoms with Crippen LogP contribution in [-0.4, -0.2) is 0 Å². The first kappa shape index (κ1) is 31.2. The van der Waals surface area contributed by atoms with Crippen LogP contribution in [0.4, 0.5) is 17.1 Å². The molecule has 0 fully saturated rings. The SMILES string of the molecule is c1ccc2c(c1)ccc1c2oc2cccc(-c3ccc(N(c4ccc(-c5ccc6c(c5)sc5ccccc56)cc4)c4ccc5oc6ccccc6c5c4)cc3)c21. The molecule has 0 N–H and O–H groups in total. The van der Waals surface area contributed by atoms with E-state index in [9.17, 15) is 0 Å². The highest BCUT2D eigenvalue weighted by molar-refractivity contribution is 7.25. The third-order valence-corrected chi connectivity index (χ3v) is 12.4. The van der Waals surface area contributed by atoms with Crippen LogP contribution in [-0.2, 0) is 0 Å². The third-order valence-electron chi connectivity index (χ3n) is 11.3. The molecule has 0 unspecified atom stereocenters. The Hall–Kier alpha value is -7.14. The fourth-order valence-electron chi connectivity index (χ4n) is 8.59. The number of hydrogen-bond donors (Lipinski definition) is 0. The van der Waals surface area contributed by atoms with E-state index in [0.717, 1.165) is 77.5 Å². The number of thiophene rings is 1. The van der Waals surface area contributed by atoms with E-state index in [4.69, 9.17) is 8.83 Å². The molecule has 0 radical (unpaired) electrons. The van der Waals surface area contributed by atoms with Gasteiger partial charge in [0.15, 0.2) is 0 Å². The number of fused-ring (bicyclic) bond motifs is 11. The van der Waals surface area contributed by atoms with Crippen LogP contribution in [0.25, 0.3) is 97.1 Å². The second-order valence-corrected chi connectivity index (χ2v) is 15.5. The summed E-state index contributed by atoms with van der Waals surface area (Å²) in [7, 11) is 0. The summed E-state index contributed by atoms with van der Waals surface area (Å²) in [6.07, 6.45) is 0. The van der Waals surface area contributed by atoms with Gasteiger partial charge in [0.05, 0.1) is 0 Å². The molecule has 0 spiro atoms. The number of nitrogens with zero attached hydrogens (tertiary/aromatic N) is 1. The van der Waals surface area contributed by atoms with Crippen molar-refractivity contribution in [2.75, 3.05) is 4.90 Å². The molecule has 12 aromatic rings. The van der Waals surface area contributed by atoms with Gasteiger partial charge in [-0.05, 0) is 100 Å². The summed E-state index contributed by atoms with van der Waals surface area (Å²) < 4.78 is 15.4. The Bertz CT molecular complexity index is 3480. The number of para-hydroxylation sites is 1. The minimum Gasteiger partial charge on any atom is -0.456 e. The van der Waals surface area contributed by atoms with Crippen LogP contribution in [0.2, 0.25) is 0 Å². The first-order valence-corrected chi connectivity index (χ1v) is 19.7. The number of furan rings is 2. The summed E-state index contributed by atoms with van der Waals surface area (Å²) in [6.45, 7) is 0. The topological polar surface area (TPSA) is 29.5 Å². The minimum absolute atomic E-state index is 0.880. The molecule has 3 aromatic heterocycles. The highest BCUT2D eigenvalue weighted by Gasteiger charge is 2.18. The van der Waals surface area contributed by atoms with E-state index in [1.165, 1.54) is 36.7 Å². The monoisotopic (exact) mass is 733 g/mol. The van der Waals surface area contributed by atoms with E-state index in [1.807, 2.05) is 23.5 Å². The van der Waals surface area contributed by atoms with Gasteiger partial charge in [-0.15, -0.1) is 11.3 Å². The lowest BCUT2D eigenvalue weighted by Gasteiger charge is -2.26. The van der Waals surface area contributed by atoms with Crippen molar-refractivity contribution in [1.82, 2.24) is 0 Å². The van der Waals surface area contributed by atoms with Crippen LogP contribution in [0.1, 0.15) is 0 Å². The zero-order valence-corrected chi connectivity index (χ0v) is 30.9. The number of rotatable bonds is 5. The van der Waals surface area contributed by atoms with Crippen molar-refractivity contribution < 1.29 is 8.83 Å². The van der Waals surface area contributed by atoms with Crippen LogP contribution in [0.3, 0.4) is 0 Å². The molecule has 0 bridgehead atoms. The lowest BCUT2D eigenvalue weighted by molar-refractivity contribution is 0.669. The van der Waals surface area contributed by atoms with Crippen LogP contribution in [0.5, 0.6) is 0 Å². The normalized spacial score (nSPS) is 11.9. The molecule has 0 aliphatic heterocycles. The van der Waals surface area contributed by atoms with Gasteiger partial charge in [-0.25, -0.2) is 0 Å². The first-order valence-electron chi connectivity index (χ1n) is 18.9. The summed E-state index contributed by atoms with van der Waals surface area (Å²) in [5, 5.41) is 9.42. The lowest BCUT2D eigenvalue weighted by atomic mass is 9.98. The molecular weight excluding hydrogens is 703 g/mol. The van der Waals surface area contributed by atoms with E-state index in [2.05, 4.69) is 181 Å². The summed E-state index contributed by atoms with van der Waals surface area (Å²) in [6, 6.07) is 67.3. The van der Waals surface area contributed by atoms with Gasteiger partial charge in [0.2, 0.25) is 0 Å². The zero-order chi connectivity index (χ0) is 36.7. The van der Waals surface area contributed by atoms with Crippen molar-refractivity contribution >= 4 is 103 Å². The van der Waals surface area contributed by atoms with Crippen LogP contribution in [0, 0.1) is 0 Å². The van der Waals surface area contributed by atoms with Crippen molar-refractivity contribution in [3.05, 3.63) is 188 Å². The molecule has 3 nitrogen and oxygen atoms in total. The molecule has 262 valence electrons. The fraction of sp³-hybridized carbons (Fsp3) is 0. The molecule has 0 saturated heterocycles. The maximum Gasteiger partial charge on any atom is 0.143 e. The Balaban J connectivity index is 0.973. The van der Waals surface area contributed by atoms with Crippen LogP contribution < -0.4 is 4.90 Å². The molecule has 3 heterocycles. The van der Waals surface area contributed by atoms with E-state index in [0.29, 0.717) is 0 Å².